The van der Waals surface area contributed by atoms with E-state index in [1.165, 1.54) is 0 Å². The molecule has 0 aromatic carbocycles. The maximum Gasteiger partial charge on any atom is 0.104 e. The molecule has 0 N–H and O–H groups in total. The van der Waals surface area contributed by atoms with Crippen LogP contribution in [0, 0.1) is 5.41 Å². The van der Waals surface area contributed by atoms with Crippen LogP contribution in [0.4, 0.5) is 0 Å². The van der Waals surface area contributed by atoms with E-state index in [9.17, 15) is 0 Å². The first-order valence-electron chi connectivity index (χ1n) is 22.5. The van der Waals surface area contributed by atoms with Crippen LogP contribution in [0.25, 0.3) is 0 Å². The van der Waals surface area contributed by atoms with Gasteiger partial charge in [0.15, 0.2) is 0 Å². The van der Waals surface area contributed by atoms with Crippen LogP contribution in [0.5, 0.6) is 0 Å². The van der Waals surface area contributed by atoms with E-state index < -0.39 is 0 Å². The van der Waals surface area contributed by atoms with Crippen LogP contribution in [0.1, 0.15) is 62.3 Å². The molecule has 0 rings (SSSR count). The first-order chi connectivity index (χ1) is 29.8. The lowest BCUT2D eigenvalue weighted by molar-refractivity contribution is -0.106. The first kappa shape index (κ1) is 64.6. The maximum atomic E-state index is 5.79. The third-order valence-corrected chi connectivity index (χ3v) is 7.99. The summed E-state index contributed by atoms with van der Waals surface area (Å²) in [6.07, 6.45) is -0.286. The number of ether oxygens (including phenoxy) is 17. The lowest BCUT2D eigenvalue weighted by Crippen LogP contribution is -2.42. The van der Waals surface area contributed by atoms with E-state index in [1.54, 1.807) is 21.3 Å². The van der Waals surface area contributed by atoms with E-state index >= 15 is 0 Å². The molecule has 0 aliphatic carbocycles. The fraction of sp³-hybridized carbons (Fsp3) is 1.00. The molecule has 0 bridgehead atoms. The molecule has 0 aromatic heterocycles. The van der Waals surface area contributed by atoms with Crippen LogP contribution in [0.2, 0.25) is 0 Å². The minimum Gasteiger partial charge on any atom is -0.382 e. The van der Waals surface area contributed by atoms with Gasteiger partial charge in [-0.1, -0.05) is 0 Å². The van der Waals surface area contributed by atoms with Crippen molar-refractivity contribution in [2.24, 2.45) is 5.41 Å². The SMILES string of the molecule is CCOCC(COCC(COCC(COCCOC)OCC)OCC)OCC.CCOCC(COCC)(COCC)COCCOC.CCOCC(COCCOC)OCC. The quantitative estimate of drug-likeness (QED) is 0.0770. The second-order valence-electron chi connectivity index (χ2n) is 13.3. The Morgan fingerprint density at radius 2 is 0.508 bits per heavy atom. The summed E-state index contributed by atoms with van der Waals surface area (Å²) in [5.74, 6) is 0. The van der Waals surface area contributed by atoms with Gasteiger partial charge in [0.05, 0.1) is 124 Å². The topological polar surface area (TPSA) is 157 Å². The monoisotopic (exact) mass is 895 g/mol. The zero-order chi connectivity index (χ0) is 45.9. The van der Waals surface area contributed by atoms with E-state index in [0.717, 1.165) is 0 Å². The highest BCUT2D eigenvalue weighted by Crippen LogP contribution is 2.20. The van der Waals surface area contributed by atoms with Gasteiger partial charge in [-0.05, 0) is 62.3 Å². The largest absolute Gasteiger partial charge is 0.382 e. The van der Waals surface area contributed by atoms with Gasteiger partial charge in [-0.2, -0.15) is 0 Å². The third kappa shape index (κ3) is 45.7. The highest BCUT2D eigenvalue weighted by atomic mass is 16.6. The van der Waals surface area contributed by atoms with Crippen molar-refractivity contribution in [2.75, 3.05) is 200 Å². The van der Waals surface area contributed by atoms with Crippen molar-refractivity contribution in [1.82, 2.24) is 0 Å². The van der Waals surface area contributed by atoms with Crippen molar-refractivity contribution in [3.05, 3.63) is 0 Å². The summed E-state index contributed by atoms with van der Waals surface area (Å²) < 4.78 is 92.8. The van der Waals surface area contributed by atoms with Crippen molar-refractivity contribution in [3.63, 3.8) is 0 Å². The summed E-state index contributed by atoms with van der Waals surface area (Å²) in [5, 5.41) is 0. The van der Waals surface area contributed by atoms with Crippen molar-refractivity contribution in [3.8, 4) is 0 Å². The van der Waals surface area contributed by atoms with Crippen LogP contribution < -0.4 is 0 Å². The molecule has 0 aromatic rings. The lowest BCUT2D eigenvalue weighted by atomic mass is 9.92. The van der Waals surface area contributed by atoms with Crippen molar-refractivity contribution >= 4 is 0 Å². The Morgan fingerprint density at radius 1 is 0.262 bits per heavy atom. The minimum atomic E-state index is -0.240. The predicted molar refractivity (Wildman–Crippen MR) is 236 cm³/mol. The molecular weight excluding hydrogens is 800 g/mol. The zero-order valence-electron chi connectivity index (χ0n) is 40.8. The molecule has 0 saturated heterocycles. The zero-order valence-corrected chi connectivity index (χ0v) is 40.8. The molecule has 0 heterocycles. The van der Waals surface area contributed by atoms with E-state index in [4.69, 9.17) is 80.5 Å². The second-order valence-corrected chi connectivity index (χ2v) is 13.3. The van der Waals surface area contributed by atoms with Gasteiger partial charge in [0.2, 0.25) is 0 Å². The molecule has 0 fully saturated rings. The molecule has 17 nitrogen and oxygen atoms in total. The molecule has 61 heavy (non-hydrogen) atoms. The molecular formula is C44H94O17. The Morgan fingerprint density at radius 3 is 0.770 bits per heavy atom. The number of rotatable bonds is 46. The second kappa shape index (κ2) is 53.7. The molecule has 0 radical (unpaired) electrons. The summed E-state index contributed by atoms with van der Waals surface area (Å²) in [5.41, 5.74) is -0.240. The molecule has 0 amide bonds. The fourth-order valence-electron chi connectivity index (χ4n) is 5.03. The van der Waals surface area contributed by atoms with E-state index in [2.05, 4.69) is 0 Å². The van der Waals surface area contributed by atoms with E-state index in [-0.39, 0.29) is 29.8 Å². The van der Waals surface area contributed by atoms with E-state index in [1.807, 2.05) is 62.3 Å². The Bertz CT molecular complexity index is 767. The summed E-state index contributed by atoms with van der Waals surface area (Å²) in [4.78, 5) is 0. The van der Waals surface area contributed by atoms with Crippen LogP contribution >= 0.6 is 0 Å². The van der Waals surface area contributed by atoms with Gasteiger partial charge in [-0.3, -0.25) is 0 Å². The van der Waals surface area contributed by atoms with Crippen LogP contribution in [0.15, 0.2) is 0 Å². The molecule has 4 atom stereocenters. The first-order valence-corrected chi connectivity index (χ1v) is 22.5. The van der Waals surface area contributed by atoms with Gasteiger partial charge in [0, 0.05) is 80.8 Å². The molecule has 17 heteroatoms. The number of methoxy groups -OCH3 is 3. The van der Waals surface area contributed by atoms with Crippen molar-refractivity contribution < 1.29 is 80.5 Å². The predicted octanol–water partition coefficient (Wildman–Crippen LogP) is 4.77. The fourth-order valence-corrected chi connectivity index (χ4v) is 5.03. The Hall–Kier alpha value is -0.680. The lowest BCUT2D eigenvalue weighted by Gasteiger charge is -2.32. The Kier molecular flexibility index (Phi) is 56.8. The van der Waals surface area contributed by atoms with Gasteiger partial charge >= 0.3 is 0 Å². The van der Waals surface area contributed by atoms with E-state index in [0.29, 0.717) is 178 Å². The Balaban J connectivity index is -0.000000884. The van der Waals surface area contributed by atoms with Crippen LogP contribution in [-0.4, -0.2) is 224 Å². The summed E-state index contributed by atoms with van der Waals surface area (Å²) in [6, 6.07) is 0. The van der Waals surface area contributed by atoms with Gasteiger partial charge < -0.3 is 80.5 Å². The molecule has 0 aliphatic rings. The van der Waals surface area contributed by atoms with Crippen molar-refractivity contribution in [2.45, 2.75) is 86.7 Å². The highest BCUT2D eigenvalue weighted by Gasteiger charge is 2.32. The van der Waals surface area contributed by atoms with Gasteiger partial charge in [-0.15, -0.1) is 0 Å². The number of hydrogen-bond acceptors (Lipinski definition) is 17. The standard InChI is InChI=1S/C20H42O8.C14H30O5.C10H22O4/c1-6-22-12-18(26-7-2)14-24-16-20(28-9-4)17-25-15-19(27-8-3)13-23-11-10-21-5;1-5-16-10-14(11-17-6-2,12-18-7-3)13-19-9-8-15-4;1-4-12-8-10(14-5-2)9-13-7-6-11-3/h18-20H,6-17H2,1-5H3;5-13H2,1-4H3;10H,4-9H2,1-3H3. The van der Waals surface area contributed by atoms with Crippen LogP contribution in [-0.2, 0) is 80.5 Å². The summed E-state index contributed by atoms with van der Waals surface area (Å²) in [6.45, 7) is 33.4. The molecule has 4 unspecified atom stereocenters. The molecule has 0 spiro atoms. The van der Waals surface area contributed by atoms with Crippen molar-refractivity contribution in [1.29, 1.82) is 0 Å². The molecule has 0 saturated carbocycles. The Labute approximate surface area is 371 Å². The molecule has 0 aliphatic heterocycles. The highest BCUT2D eigenvalue weighted by molar-refractivity contribution is 4.79. The third-order valence-electron chi connectivity index (χ3n) is 7.99. The minimum absolute atomic E-state index is 0.0387. The average Bonchev–Trinajstić information content (AvgIpc) is 3.27. The summed E-state index contributed by atoms with van der Waals surface area (Å²) in [7, 11) is 4.97. The van der Waals surface area contributed by atoms with Crippen LogP contribution in [0.3, 0.4) is 0 Å². The summed E-state index contributed by atoms with van der Waals surface area (Å²) >= 11 is 0. The normalized spacial score (nSPS) is 13.6. The van der Waals surface area contributed by atoms with Gasteiger partial charge in [-0.25, -0.2) is 0 Å². The van der Waals surface area contributed by atoms with Gasteiger partial charge in [0.1, 0.15) is 24.4 Å². The maximum absolute atomic E-state index is 5.79. The van der Waals surface area contributed by atoms with Gasteiger partial charge in [0.25, 0.3) is 0 Å². The molecule has 372 valence electrons. The average molecular weight is 895 g/mol. The smallest absolute Gasteiger partial charge is 0.104 e. The number of hydrogen-bond donors (Lipinski definition) is 0.